The Balaban J connectivity index is 0.971. The third-order valence-electron chi connectivity index (χ3n) is 9.12. The van der Waals surface area contributed by atoms with Gasteiger partial charge in [-0.1, -0.05) is 109 Å². The molecule has 0 spiro atoms. The van der Waals surface area contributed by atoms with Gasteiger partial charge in [0.25, 0.3) is 0 Å². The number of hydrogen-bond donors (Lipinski definition) is 6. The summed E-state index contributed by atoms with van der Waals surface area (Å²) in [5.41, 5.74) is 22.0. The van der Waals surface area contributed by atoms with Crippen LogP contribution in [0.15, 0.2) is 142 Å². The number of nitrogens with two attached hydrogens (primary N) is 3. The lowest BCUT2D eigenvalue weighted by atomic mass is 10.1. The Kier molecular flexibility index (Phi) is 13.1. The Morgan fingerprint density at radius 3 is 1.58 bits per heavy atom. The van der Waals surface area contributed by atoms with E-state index in [1.54, 1.807) is 0 Å². The number of guanidine groups is 3. The zero-order valence-corrected chi connectivity index (χ0v) is 30.2. The molecule has 0 bridgehead atoms. The zero-order valence-electron chi connectivity index (χ0n) is 30.2. The molecule has 0 radical (unpaired) electrons. The predicted octanol–water partition coefficient (Wildman–Crippen LogP) is 7.40. The van der Waals surface area contributed by atoms with Crippen molar-refractivity contribution < 1.29 is 0 Å². The lowest BCUT2D eigenvalue weighted by Crippen LogP contribution is -2.39. The fourth-order valence-corrected chi connectivity index (χ4v) is 6.41. The number of hydrogen-bond acceptors (Lipinski definition) is 4. The Hall–Kier alpha value is -6.13. The van der Waals surface area contributed by atoms with E-state index in [0.717, 1.165) is 94.7 Å². The Bertz CT molecular complexity index is 2180. The minimum Gasteiger partial charge on any atom is -0.370 e. The van der Waals surface area contributed by atoms with E-state index >= 15 is 0 Å². The van der Waals surface area contributed by atoms with Crippen LogP contribution in [0.4, 0.5) is 17.1 Å². The molecule has 0 aliphatic rings. The standard InChI is InChI=1S/C43H50N10/c44-41(50-38-23-9-17-32-14-1-4-20-35(32)38)48-28-12-27-47-26-7-8-30-53(43(46)52-40-25-11-19-34-16-3-6-22-37(34)40)31-13-29-49-42(45)51-39-24-10-18-33-15-2-5-21-36(33)39/h1-6,9-11,14-25,47H,7-8,12-13,26-31H2,(H2,46,52)(H3,44,48,50)(H3,45,49,51). The quantitative estimate of drug-likeness (QED) is 0.0348. The predicted molar refractivity (Wildman–Crippen MR) is 226 cm³/mol. The summed E-state index contributed by atoms with van der Waals surface area (Å²) in [6.45, 7) is 4.48. The van der Waals surface area contributed by atoms with Gasteiger partial charge in [-0.3, -0.25) is 9.98 Å². The average Bonchev–Trinajstić information content (AvgIpc) is 3.18. The van der Waals surface area contributed by atoms with Crippen molar-refractivity contribution in [2.75, 3.05) is 49.9 Å². The maximum atomic E-state index is 6.69. The minimum atomic E-state index is 0.394. The Morgan fingerprint density at radius 1 is 0.491 bits per heavy atom. The van der Waals surface area contributed by atoms with Crippen LogP contribution in [0.1, 0.15) is 25.7 Å². The number of fused-ring (bicyclic) bond motifs is 3. The van der Waals surface area contributed by atoms with Gasteiger partial charge in [0.2, 0.25) is 0 Å². The highest BCUT2D eigenvalue weighted by Crippen LogP contribution is 2.26. The Morgan fingerprint density at radius 2 is 0.962 bits per heavy atom. The van der Waals surface area contributed by atoms with E-state index in [0.29, 0.717) is 37.5 Å². The van der Waals surface area contributed by atoms with Crippen LogP contribution < -0.4 is 33.2 Å². The van der Waals surface area contributed by atoms with Crippen LogP contribution in [0.2, 0.25) is 0 Å². The molecule has 0 amide bonds. The van der Waals surface area contributed by atoms with E-state index < -0.39 is 0 Å². The highest BCUT2D eigenvalue weighted by Gasteiger charge is 2.10. The molecule has 0 aliphatic heterocycles. The maximum absolute atomic E-state index is 6.69. The molecule has 9 N–H and O–H groups in total. The van der Waals surface area contributed by atoms with Gasteiger partial charge in [-0.15, -0.1) is 0 Å². The van der Waals surface area contributed by atoms with Crippen LogP contribution in [0, 0.1) is 0 Å². The normalized spacial score (nSPS) is 12.4. The van der Waals surface area contributed by atoms with E-state index in [1.165, 1.54) is 0 Å². The number of benzene rings is 6. The molecule has 0 unspecified atom stereocenters. The number of nitrogens with one attached hydrogen (secondary N) is 3. The average molecular weight is 707 g/mol. The molecule has 0 aromatic heterocycles. The summed E-state index contributed by atoms with van der Waals surface area (Å²) >= 11 is 0. The lowest BCUT2D eigenvalue weighted by Gasteiger charge is -2.23. The monoisotopic (exact) mass is 706 g/mol. The topological polar surface area (TPSA) is 154 Å². The molecule has 0 saturated heterocycles. The van der Waals surface area contributed by atoms with Crippen molar-refractivity contribution in [3.05, 3.63) is 127 Å². The van der Waals surface area contributed by atoms with E-state index in [4.69, 9.17) is 22.2 Å². The largest absolute Gasteiger partial charge is 0.370 e. The number of aliphatic imine (C=N–C) groups is 3. The molecule has 10 nitrogen and oxygen atoms in total. The molecular formula is C43H50N10. The number of nitrogens with zero attached hydrogens (tertiary/aromatic N) is 4. The van der Waals surface area contributed by atoms with Crippen molar-refractivity contribution in [2.45, 2.75) is 25.7 Å². The second-order valence-electron chi connectivity index (χ2n) is 13.0. The molecular weight excluding hydrogens is 657 g/mol. The van der Waals surface area contributed by atoms with Crippen molar-refractivity contribution >= 4 is 67.3 Å². The molecule has 0 fully saturated rings. The van der Waals surface area contributed by atoms with Gasteiger partial charge < -0.3 is 38.1 Å². The van der Waals surface area contributed by atoms with Crippen molar-refractivity contribution in [2.24, 2.45) is 32.2 Å². The molecule has 272 valence electrons. The first kappa shape index (κ1) is 36.7. The molecule has 0 atom stereocenters. The van der Waals surface area contributed by atoms with Crippen LogP contribution in [-0.4, -0.2) is 62.0 Å². The van der Waals surface area contributed by atoms with Crippen molar-refractivity contribution in [3.63, 3.8) is 0 Å². The minimum absolute atomic E-state index is 0.394. The summed E-state index contributed by atoms with van der Waals surface area (Å²) in [5.74, 6) is 1.33. The number of anilines is 2. The summed E-state index contributed by atoms with van der Waals surface area (Å²) in [4.78, 5) is 16.2. The van der Waals surface area contributed by atoms with E-state index in [2.05, 4.69) is 85.4 Å². The fourth-order valence-electron chi connectivity index (χ4n) is 6.41. The lowest BCUT2D eigenvalue weighted by molar-refractivity contribution is 0.393. The SMILES string of the molecule is NC(=NCCCNCCCCN(CCCN=C(N)Nc1cccc2ccccc12)C(N)=Nc1cccc2ccccc12)Nc1cccc2ccccc12. The van der Waals surface area contributed by atoms with Gasteiger partial charge >= 0.3 is 0 Å². The van der Waals surface area contributed by atoms with Gasteiger partial charge in [0.05, 0.1) is 5.69 Å². The molecule has 6 rings (SSSR count). The summed E-state index contributed by atoms with van der Waals surface area (Å²) < 4.78 is 0. The van der Waals surface area contributed by atoms with Gasteiger partial charge in [0.15, 0.2) is 17.9 Å². The second kappa shape index (κ2) is 18.9. The highest BCUT2D eigenvalue weighted by molar-refractivity contribution is 6.03. The van der Waals surface area contributed by atoms with Crippen LogP contribution in [0.5, 0.6) is 0 Å². The number of unbranched alkanes of at least 4 members (excludes halogenated alkanes) is 1. The summed E-state index contributed by atoms with van der Waals surface area (Å²) in [5, 5.41) is 16.8. The van der Waals surface area contributed by atoms with Crippen molar-refractivity contribution in [3.8, 4) is 0 Å². The summed E-state index contributed by atoms with van der Waals surface area (Å²) in [7, 11) is 0. The maximum Gasteiger partial charge on any atom is 0.196 e. The summed E-state index contributed by atoms with van der Waals surface area (Å²) in [6.07, 6.45) is 3.65. The Labute approximate surface area is 311 Å². The van der Waals surface area contributed by atoms with Crippen LogP contribution in [0.3, 0.4) is 0 Å². The van der Waals surface area contributed by atoms with Gasteiger partial charge in [-0.05, 0) is 73.1 Å². The molecule has 6 aromatic carbocycles. The van der Waals surface area contributed by atoms with Crippen LogP contribution >= 0.6 is 0 Å². The van der Waals surface area contributed by atoms with Crippen LogP contribution in [-0.2, 0) is 0 Å². The van der Waals surface area contributed by atoms with Crippen molar-refractivity contribution in [1.29, 1.82) is 0 Å². The van der Waals surface area contributed by atoms with E-state index in [9.17, 15) is 0 Å². The molecule has 53 heavy (non-hydrogen) atoms. The van der Waals surface area contributed by atoms with Crippen molar-refractivity contribution in [1.82, 2.24) is 10.2 Å². The first-order valence-electron chi connectivity index (χ1n) is 18.4. The van der Waals surface area contributed by atoms with E-state index in [1.807, 2.05) is 72.8 Å². The number of rotatable bonds is 16. The van der Waals surface area contributed by atoms with Gasteiger partial charge in [0.1, 0.15) is 0 Å². The fraction of sp³-hybridized carbons (Fsp3) is 0.233. The highest BCUT2D eigenvalue weighted by atomic mass is 15.2. The third-order valence-corrected chi connectivity index (χ3v) is 9.12. The van der Waals surface area contributed by atoms with Gasteiger partial charge in [-0.25, -0.2) is 4.99 Å². The van der Waals surface area contributed by atoms with Gasteiger partial charge in [0, 0.05) is 53.7 Å². The molecule has 0 heterocycles. The zero-order chi connectivity index (χ0) is 36.7. The molecule has 0 aliphatic carbocycles. The first-order valence-corrected chi connectivity index (χ1v) is 18.4. The molecule has 0 saturated carbocycles. The van der Waals surface area contributed by atoms with Crippen LogP contribution in [0.25, 0.3) is 32.3 Å². The first-order chi connectivity index (χ1) is 26.0. The van der Waals surface area contributed by atoms with E-state index in [-0.39, 0.29) is 0 Å². The summed E-state index contributed by atoms with van der Waals surface area (Å²) in [6, 6.07) is 43.1. The van der Waals surface area contributed by atoms with Gasteiger partial charge in [-0.2, -0.15) is 0 Å². The molecule has 10 heteroatoms. The molecule has 6 aromatic rings. The smallest absolute Gasteiger partial charge is 0.196 e. The second-order valence-corrected chi connectivity index (χ2v) is 13.0. The third kappa shape index (κ3) is 10.5.